The lowest BCUT2D eigenvalue weighted by Gasteiger charge is -2.38. The van der Waals surface area contributed by atoms with Crippen LogP contribution in [0.25, 0.3) is 16.7 Å². The minimum absolute atomic E-state index is 0.200. The summed E-state index contributed by atoms with van der Waals surface area (Å²) < 4.78 is 2.20. The van der Waals surface area contributed by atoms with Crippen LogP contribution in [-0.2, 0) is 0 Å². The van der Waals surface area contributed by atoms with Crippen molar-refractivity contribution in [3.05, 3.63) is 30.5 Å². The van der Waals surface area contributed by atoms with Crippen LogP contribution in [0.3, 0.4) is 0 Å². The first kappa shape index (κ1) is 16.6. The van der Waals surface area contributed by atoms with Gasteiger partial charge in [0.2, 0.25) is 0 Å². The maximum atomic E-state index is 13.0. The fourth-order valence-electron chi connectivity index (χ4n) is 4.65. The highest BCUT2D eigenvalue weighted by Crippen LogP contribution is 2.33. The van der Waals surface area contributed by atoms with Crippen molar-refractivity contribution in [1.82, 2.24) is 29.2 Å². The summed E-state index contributed by atoms with van der Waals surface area (Å²) in [5.74, 6) is 2.36. The maximum Gasteiger partial charge on any atom is 0.320 e. The monoisotopic (exact) mass is 366 g/mol. The number of rotatable bonds is 1. The van der Waals surface area contributed by atoms with E-state index < -0.39 is 0 Å². The van der Waals surface area contributed by atoms with Gasteiger partial charge < -0.3 is 14.8 Å². The molecule has 0 spiro atoms. The minimum Gasteiger partial charge on any atom is -0.345 e. The predicted molar refractivity (Wildman–Crippen MR) is 104 cm³/mol. The summed E-state index contributed by atoms with van der Waals surface area (Å²) in [7, 11) is 0. The van der Waals surface area contributed by atoms with Gasteiger partial charge in [-0.15, -0.1) is 0 Å². The molecule has 3 aromatic heterocycles. The van der Waals surface area contributed by atoms with Crippen LogP contribution in [-0.4, -0.2) is 61.4 Å². The van der Waals surface area contributed by atoms with Crippen molar-refractivity contribution >= 4 is 22.7 Å². The van der Waals surface area contributed by atoms with Gasteiger partial charge in [-0.1, -0.05) is 13.8 Å². The molecule has 142 valence electrons. The van der Waals surface area contributed by atoms with Gasteiger partial charge in [0, 0.05) is 38.3 Å². The first-order valence-corrected chi connectivity index (χ1v) is 9.95. The zero-order valence-electron chi connectivity index (χ0n) is 15.9. The van der Waals surface area contributed by atoms with E-state index in [1.807, 2.05) is 34.5 Å². The van der Waals surface area contributed by atoms with Gasteiger partial charge in [0.05, 0.1) is 23.4 Å². The van der Waals surface area contributed by atoms with Crippen LogP contribution in [0.5, 0.6) is 0 Å². The number of carbonyl (C=O) groups is 1. The molecule has 7 nitrogen and oxygen atoms in total. The molecule has 0 radical (unpaired) electrons. The Labute approximate surface area is 158 Å². The van der Waals surface area contributed by atoms with E-state index in [0.717, 1.165) is 61.5 Å². The average Bonchev–Trinajstić information content (AvgIpc) is 3.39. The van der Waals surface area contributed by atoms with Gasteiger partial charge in [0.25, 0.3) is 0 Å². The number of fused-ring (bicyclic) bond motifs is 3. The van der Waals surface area contributed by atoms with E-state index in [2.05, 4.69) is 28.2 Å². The molecular formula is C20H26N6O. The molecule has 0 unspecified atom stereocenters. The van der Waals surface area contributed by atoms with Crippen LogP contribution in [0.4, 0.5) is 4.79 Å². The van der Waals surface area contributed by atoms with Crippen molar-refractivity contribution in [1.29, 1.82) is 0 Å². The first-order chi connectivity index (χ1) is 13.1. The highest BCUT2D eigenvalue weighted by atomic mass is 16.2. The molecule has 2 saturated heterocycles. The number of nitrogens with zero attached hydrogens (tertiary/aromatic N) is 5. The summed E-state index contributed by atoms with van der Waals surface area (Å²) in [4.78, 5) is 29.5. The van der Waals surface area contributed by atoms with E-state index in [0.29, 0.717) is 11.8 Å². The molecule has 0 saturated carbocycles. The number of likely N-dealkylation sites (tertiary alicyclic amines) is 2. The quantitative estimate of drug-likeness (QED) is 0.719. The zero-order chi connectivity index (χ0) is 18.5. The molecule has 2 aliphatic rings. The molecule has 1 N–H and O–H groups in total. The third-order valence-electron chi connectivity index (χ3n) is 6.34. The van der Waals surface area contributed by atoms with E-state index in [9.17, 15) is 4.79 Å². The minimum atomic E-state index is 0.200. The number of piperidine rings is 1. The second-order valence-corrected chi connectivity index (χ2v) is 8.29. The Bertz CT molecular complexity index is 991. The lowest BCUT2D eigenvalue weighted by Crippen LogP contribution is -2.48. The highest BCUT2D eigenvalue weighted by Gasteiger charge is 2.35. The Morgan fingerprint density at radius 3 is 2.70 bits per heavy atom. The van der Waals surface area contributed by atoms with Crippen molar-refractivity contribution in [3.63, 3.8) is 0 Å². The number of aromatic amines is 1. The van der Waals surface area contributed by atoms with E-state index >= 15 is 0 Å². The highest BCUT2D eigenvalue weighted by molar-refractivity contribution is 5.76. The summed E-state index contributed by atoms with van der Waals surface area (Å²) in [6.45, 7) is 7.85. The van der Waals surface area contributed by atoms with Gasteiger partial charge in [-0.3, -0.25) is 4.40 Å². The molecule has 7 heteroatoms. The number of amides is 2. The number of carbonyl (C=O) groups excluding carboxylic acids is 1. The molecule has 0 aromatic carbocycles. The van der Waals surface area contributed by atoms with Crippen molar-refractivity contribution < 1.29 is 4.79 Å². The number of aromatic nitrogens is 4. The van der Waals surface area contributed by atoms with Gasteiger partial charge in [0.15, 0.2) is 5.65 Å². The Kier molecular flexibility index (Phi) is 3.84. The average molecular weight is 366 g/mol. The summed E-state index contributed by atoms with van der Waals surface area (Å²) in [5.41, 5.74) is 2.91. The molecule has 2 amide bonds. The number of hydrogen-bond donors (Lipinski definition) is 1. The molecule has 2 aliphatic heterocycles. The second-order valence-electron chi connectivity index (χ2n) is 8.29. The van der Waals surface area contributed by atoms with Gasteiger partial charge in [-0.25, -0.2) is 14.8 Å². The normalized spacial score (nSPS) is 26.4. The number of hydrogen-bond acceptors (Lipinski definition) is 3. The molecule has 2 fully saturated rings. The Morgan fingerprint density at radius 1 is 1.11 bits per heavy atom. The fourth-order valence-corrected chi connectivity index (χ4v) is 4.65. The Balaban J connectivity index is 1.48. The summed E-state index contributed by atoms with van der Waals surface area (Å²) >= 11 is 0. The number of nitrogens with one attached hydrogen (secondary N) is 1. The molecule has 3 aromatic rings. The van der Waals surface area contributed by atoms with Gasteiger partial charge in [0.1, 0.15) is 5.82 Å². The molecule has 0 bridgehead atoms. The smallest absolute Gasteiger partial charge is 0.320 e. The Hall–Kier alpha value is -2.57. The lowest BCUT2D eigenvalue weighted by atomic mass is 9.86. The standard InChI is InChI=1S/C20H26N6O/c1-13-4-7-24(11-13)20(27)25-8-5-14(2)16(12-25)19-23-10-15-9-22-18-17(26(15)19)3-6-21-18/h3,6,9-10,13-14,16,21H,4-5,7-8,11-12H2,1-2H3/t13-,14-,16+/m1/s1. The molecule has 27 heavy (non-hydrogen) atoms. The molecule has 5 rings (SSSR count). The molecule has 5 heterocycles. The van der Waals surface area contributed by atoms with Gasteiger partial charge >= 0.3 is 6.03 Å². The largest absolute Gasteiger partial charge is 0.345 e. The number of urea groups is 1. The molecule has 0 aliphatic carbocycles. The summed E-state index contributed by atoms with van der Waals surface area (Å²) in [6, 6.07) is 2.24. The van der Waals surface area contributed by atoms with Crippen molar-refractivity contribution in [2.75, 3.05) is 26.2 Å². The van der Waals surface area contributed by atoms with Crippen molar-refractivity contribution in [2.24, 2.45) is 11.8 Å². The first-order valence-electron chi connectivity index (χ1n) is 9.95. The molecular weight excluding hydrogens is 340 g/mol. The molecule has 3 atom stereocenters. The topological polar surface area (TPSA) is 69.5 Å². The van der Waals surface area contributed by atoms with Crippen LogP contribution in [0.1, 0.15) is 38.4 Å². The van der Waals surface area contributed by atoms with Crippen molar-refractivity contribution in [3.8, 4) is 0 Å². The van der Waals surface area contributed by atoms with Crippen LogP contribution >= 0.6 is 0 Å². The zero-order valence-corrected chi connectivity index (χ0v) is 15.9. The van der Waals surface area contributed by atoms with Gasteiger partial charge in [-0.2, -0.15) is 0 Å². The third-order valence-corrected chi connectivity index (χ3v) is 6.34. The predicted octanol–water partition coefficient (Wildman–Crippen LogP) is 3.10. The SMILES string of the molecule is C[C@@H]1CCN(C(=O)N2CC[C@@H](C)[C@@H](c3ncc4cnc5[nH]ccc5n34)C2)C1. The number of H-pyrrole nitrogens is 1. The lowest BCUT2D eigenvalue weighted by molar-refractivity contribution is 0.131. The van der Waals surface area contributed by atoms with E-state index in [4.69, 9.17) is 4.98 Å². The van der Waals surface area contributed by atoms with E-state index in [1.165, 1.54) is 0 Å². The van der Waals surface area contributed by atoms with Crippen molar-refractivity contribution in [2.45, 2.75) is 32.6 Å². The summed E-state index contributed by atoms with van der Waals surface area (Å²) in [6.07, 6.45) is 7.79. The van der Waals surface area contributed by atoms with Crippen LogP contribution in [0, 0.1) is 11.8 Å². The third kappa shape index (κ3) is 2.67. The Morgan fingerprint density at radius 2 is 1.89 bits per heavy atom. The van der Waals surface area contributed by atoms with E-state index in [1.54, 1.807) is 0 Å². The van der Waals surface area contributed by atoms with Crippen LogP contribution in [0.2, 0.25) is 0 Å². The van der Waals surface area contributed by atoms with Gasteiger partial charge in [-0.05, 0) is 30.7 Å². The summed E-state index contributed by atoms with van der Waals surface area (Å²) in [5, 5.41) is 0. The second kappa shape index (κ2) is 6.25. The van der Waals surface area contributed by atoms with E-state index in [-0.39, 0.29) is 11.9 Å². The number of imidazole rings is 1. The fraction of sp³-hybridized carbons (Fsp3) is 0.550. The van der Waals surface area contributed by atoms with Crippen LogP contribution < -0.4 is 0 Å². The maximum absolute atomic E-state index is 13.0. The van der Waals surface area contributed by atoms with Crippen LogP contribution in [0.15, 0.2) is 24.7 Å².